The molecule has 0 radical (unpaired) electrons. The molecule has 80 valence electrons. The number of aromatic hydroxyl groups is 1. The van der Waals surface area contributed by atoms with Gasteiger partial charge in [-0.3, -0.25) is 9.59 Å². The molecule has 4 heteroatoms. The molecule has 0 spiro atoms. The number of aliphatic carboxylic acids is 1. The number of ketones is 1. The SMILES string of the molecule is CCC(C(=O)O)C(=O)c1ccc(O)cc1. The number of carbonyl (C=O) groups is 2. The van der Waals surface area contributed by atoms with E-state index in [0.717, 1.165) is 0 Å². The van der Waals surface area contributed by atoms with E-state index in [4.69, 9.17) is 10.2 Å². The van der Waals surface area contributed by atoms with Crippen molar-refractivity contribution in [2.75, 3.05) is 0 Å². The number of phenols is 1. The molecule has 0 saturated carbocycles. The summed E-state index contributed by atoms with van der Waals surface area (Å²) < 4.78 is 0. The Morgan fingerprint density at radius 2 is 1.80 bits per heavy atom. The maximum atomic E-state index is 11.7. The molecule has 1 unspecified atom stereocenters. The van der Waals surface area contributed by atoms with Gasteiger partial charge in [0, 0.05) is 5.56 Å². The third kappa shape index (κ3) is 2.56. The van der Waals surface area contributed by atoms with Gasteiger partial charge in [-0.05, 0) is 30.7 Å². The van der Waals surface area contributed by atoms with Crippen molar-refractivity contribution < 1.29 is 19.8 Å². The molecule has 1 aromatic carbocycles. The van der Waals surface area contributed by atoms with Crippen LogP contribution in [0.5, 0.6) is 5.75 Å². The maximum absolute atomic E-state index is 11.7. The summed E-state index contributed by atoms with van der Waals surface area (Å²) >= 11 is 0. The van der Waals surface area contributed by atoms with E-state index in [0.29, 0.717) is 5.56 Å². The Labute approximate surface area is 87.2 Å². The molecule has 0 fully saturated rings. The van der Waals surface area contributed by atoms with Crippen molar-refractivity contribution in [3.63, 3.8) is 0 Å². The minimum Gasteiger partial charge on any atom is -0.508 e. The van der Waals surface area contributed by atoms with Crippen LogP contribution < -0.4 is 0 Å². The summed E-state index contributed by atoms with van der Waals surface area (Å²) in [6.07, 6.45) is 0.259. The van der Waals surface area contributed by atoms with E-state index in [1.54, 1.807) is 6.92 Å². The second-order valence-corrected chi connectivity index (χ2v) is 3.21. The topological polar surface area (TPSA) is 74.6 Å². The van der Waals surface area contributed by atoms with Gasteiger partial charge in [-0.2, -0.15) is 0 Å². The van der Waals surface area contributed by atoms with Crippen molar-refractivity contribution in [1.29, 1.82) is 0 Å². The summed E-state index contributed by atoms with van der Waals surface area (Å²) in [6.45, 7) is 1.65. The van der Waals surface area contributed by atoms with E-state index < -0.39 is 17.7 Å². The number of phenolic OH excluding ortho intramolecular Hbond substituents is 1. The smallest absolute Gasteiger partial charge is 0.314 e. The second kappa shape index (κ2) is 4.59. The molecule has 0 aliphatic heterocycles. The fraction of sp³-hybridized carbons (Fsp3) is 0.273. The number of Topliss-reactive ketones (excluding diaryl/α,β-unsaturated/α-hetero) is 1. The summed E-state index contributed by atoms with van der Waals surface area (Å²) in [5.41, 5.74) is 0.307. The first-order valence-electron chi connectivity index (χ1n) is 4.62. The summed E-state index contributed by atoms with van der Waals surface area (Å²) in [6, 6.07) is 5.57. The second-order valence-electron chi connectivity index (χ2n) is 3.21. The van der Waals surface area contributed by atoms with E-state index >= 15 is 0 Å². The molecule has 1 atom stereocenters. The largest absolute Gasteiger partial charge is 0.508 e. The molecule has 0 saturated heterocycles. The van der Waals surface area contributed by atoms with Crippen LogP contribution in [0.4, 0.5) is 0 Å². The molecule has 2 N–H and O–H groups in total. The zero-order valence-electron chi connectivity index (χ0n) is 8.30. The van der Waals surface area contributed by atoms with Crippen molar-refractivity contribution in [3.05, 3.63) is 29.8 Å². The van der Waals surface area contributed by atoms with Crippen molar-refractivity contribution >= 4 is 11.8 Å². The van der Waals surface area contributed by atoms with Gasteiger partial charge in [0.2, 0.25) is 0 Å². The Kier molecular flexibility index (Phi) is 3.44. The van der Waals surface area contributed by atoms with Crippen LogP contribution in [-0.4, -0.2) is 22.0 Å². The fourth-order valence-electron chi connectivity index (χ4n) is 1.30. The third-order valence-corrected chi connectivity index (χ3v) is 2.17. The summed E-state index contributed by atoms with van der Waals surface area (Å²) in [7, 11) is 0. The monoisotopic (exact) mass is 208 g/mol. The number of rotatable bonds is 4. The van der Waals surface area contributed by atoms with Crippen molar-refractivity contribution in [1.82, 2.24) is 0 Å². The van der Waals surface area contributed by atoms with Gasteiger partial charge in [-0.1, -0.05) is 6.92 Å². The van der Waals surface area contributed by atoms with Gasteiger partial charge >= 0.3 is 5.97 Å². The Hall–Kier alpha value is -1.84. The Balaban J connectivity index is 2.93. The zero-order chi connectivity index (χ0) is 11.4. The van der Waals surface area contributed by atoms with Gasteiger partial charge in [0.1, 0.15) is 11.7 Å². The molecule has 0 aliphatic carbocycles. The highest BCUT2D eigenvalue weighted by Gasteiger charge is 2.24. The average Bonchev–Trinajstić information content (AvgIpc) is 2.19. The van der Waals surface area contributed by atoms with Gasteiger partial charge in [0.25, 0.3) is 0 Å². The first-order chi connectivity index (χ1) is 7.06. The van der Waals surface area contributed by atoms with E-state index in [2.05, 4.69) is 0 Å². The van der Waals surface area contributed by atoms with Gasteiger partial charge in [-0.15, -0.1) is 0 Å². The van der Waals surface area contributed by atoms with E-state index in [1.165, 1.54) is 24.3 Å². The van der Waals surface area contributed by atoms with Crippen molar-refractivity contribution in [2.24, 2.45) is 5.92 Å². The van der Waals surface area contributed by atoms with Gasteiger partial charge in [0.05, 0.1) is 0 Å². The van der Waals surface area contributed by atoms with E-state index in [-0.39, 0.29) is 12.2 Å². The standard InChI is InChI=1S/C11H12O4/c1-2-9(11(14)15)10(13)7-3-5-8(12)6-4-7/h3-6,9,12H,2H2,1H3,(H,14,15). The van der Waals surface area contributed by atoms with Crippen LogP contribution in [0.1, 0.15) is 23.7 Å². The molecule has 0 bridgehead atoms. The van der Waals surface area contributed by atoms with Crippen molar-refractivity contribution in [2.45, 2.75) is 13.3 Å². The average molecular weight is 208 g/mol. The summed E-state index contributed by atoms with van der Waals surface area (Å²) in [5, 5.41) is 17.8. The first kappa shape index (κ1) is 11.2. The molecule has 4 nitrogen and oxygen atoms in total. The molecule has 0 amide bonds. The quantitative estimate of drug-likeness (QED) is 0.583. The zero-order valence-corrected chi connectivity index (χ0v) is 8.30. The number of carbonyl (C=O) groups excluding carboxylic acids is 1. The maximum Gasteiger partial charge on any atom is 0.314 e. The minimum absolute atomic E-state index is 0.0509. The Morgan fingerprint density at radius 1 is 1.27 bits per heavy atom. The van der Waals surface area contributed by atoms with Crippen molar-refractivity contribution in [3.8, 4) is 5.75 Å². The fourth-order valence-corrected chi connectivity index (χ4v) is 1.30. The summed E-state index contributed by atoms with van der Waals surface area (Å²) in [4.78, 5) is 22.4. The van der Waals surface area contributed by atoms with Crippen LogP contribution in [0.15, 0.2) is 24.3 Å². The number of benzene rings is 1. The van der Waals surface area contributed by atoms with Crippen LogP contribution in [0.2, 0.25) is 0 Å². The number of hydrogen-bond donors (Lipinski definition) is 2. The molecule has 0 heterocycles. The lowest BCUT2D eigenvalue weighted by atomic mass is 9.95. The normalized spacial score (nSPS) is 12.1. The van der Waals surface area contributed by atoms with Gasteiger partial charge in [0.15, 0.2) is 5.78 Å². The third-order valence-electron chi connectivity index (χ3n) is 2.17. The molecule has 15 heavy (non-hydrogen) atoms. The summed E-state index contributed by atoms with van der Waals surface area (Å²) in [5.74, 6) is -2.50. The van der Waals surface area contributed by atoms with Crippen LogP contribution in [0.25, 0.3) is 0 Å². The molecule has 1 aromatic rings. The number of carboxylic acid groups (broad SMARTS) is 1. The lowest BCUT2D eigenvalue weighted by Crippen LogP contribution is -2.22. The van der Waals surface area contributed by atoms with Gasteiger partial charge in [-0.25, -0.2) is 0 Å². The van der Waals surface area contributed by atoms with Crippen LogP contribution in [-0.2, 0) is 4.79 Å². The highest BCUT2D eigenvalue weighted by atomic mass is 16.4. The predicted octanol–water partition coefficient (Wildman–Crippen LogP) is 1.69. The molecular weight excluding hydrogens is 196 g/mol. The van der Waals surface area contributed by atoms with E-state index in [1.807, 2.05) is 0 Å². The first-order valence-corrected chi connectivity index (χ1v) is 4.62. The lowest BCUT2D eigenvalue weighted by Gasteiger charge is -2.08. The molecule has 1 rings (SSSR count). The number of carboxylic acids is 1. The van der Waals surface area contributed by atoms with E-state index in [9.17, 15) is 9.59 Å². The minimum atomic E-state index is -1.12. The highest BCUT2D eigenvalue weighted by molar-refractivity contribution is 6.08. The van der Waals surface area contributed by atoms with Crippen LogP contribution in [0.3, 0.4) is 0 Å². The van der Waals surface area contributed by atoms with Gasteiger partial charge < -0.3 is 10.2 Å². The molecule has 0 aliphatic rings. The Morgan fingerprint density at radius 3 is 2.20 bits per heavy atom. The number of hydrogen-bond acceptors (Lipinski definition) is 3. The predicted molar refractivity (Wildman–Crippen MR) is 53.9 cm³/mol. The molecule has 0 aromatic heterocycles. The highest BCUT2D eigenvalue weighted by Crippen LogP contribution is 2.15. The lowest BCUT2D eigenvalue weighted by molar-refractivity contribution is -0.140. The van der Waals surface area contributed by atoms with Crippen LogP contribution >= 0.6 is 0 Å². The Bertz CT molecular complexity index is 367. The molecular formula is C11H12O4. The van der Waals surface area contributed by atoms with Crippen LogP contribution in [0, 0.1) is 5.92 Å².